The van der Waals surface area contributed by atoms with E-state index in [0.717, 1.165) is 42.8 Å². The SMILES string of the molecule is N#Cc1c(Cl)c(-c2cccnc2)n2c1CCCC2. The molecule has 3 rings (SSSR count). The van der Waals surface area contributed by atoms with Crippen LogP contribution in [0, 0.1) is 11.3 Å². The fourth-order valence-corrected chi connectivity index (χ4v) is 2.96. The maximum atomic E-state index is 9.27. The minimum atomic E-state index is 0.572. The Morgan fingerprint density at radius 1 is 1.39 bits per heavy atom. The van der Waals surface area contributed by atoms with Crippen molar-refractivity contribution < 1.29 is 0 Å². The van der Waals surface area contributed by atoms with Crippen LogP contribution in [0.5, 0.6) is 0 Å². The van der Waals surface area contributed by atoms with Gasteiger partial charge in [0.15, 0.2) is 0 Å². The van der Waals surface area contributed by atoms with Crippen molar-refractivity contribution in [3.8, 4) is 17.3 Å². The number of fused-ring (bicyclic) bond motifs is 1. The van der Waals surface area contributed by atoms with Gasteiger partial charge in [-0.2, -0.15) is 5.26 Å². The molecule has 3 heterocycles. The van der Waals surface area contributed by atoms with Crippen LogP contribution >= 0.6 is 11.6 Å². The highest BCUT2D eigenvalue weighted by atomic mass is 35.5. The number of rotatable bonds is 1. The second-order valence-electron chi connectivity index (χ2n) is 4.45. The number of aromatic nitrogens is 2. The molecule has 1 aliphatic rings. The van der Waals surface area contributed by atoms with E-state index < -0.39 is 0 Å². The number of nitriles is 1. The number of hydrogen-bond donors (Lipinski definition) is 0. The predicted octanol–water partition coefficient (Wildman–Crippen LogP) is 3.41. The lowest BCUT2D eigenvalue weighted by Gasteiger charge is -2.18. The van der Waals surface area contributed by atoms with Gasteiger partial charge in [0, 0.05) is 30.2 Å². The second-order valence-corrected chi connectivity index (χ2v) is 4.82. The van der Waals surface area contributed by atoms with Gasteiger partial charge < -0.3 is 4.57 Å². The van der Waals surface area contributed by atoms with Gasteiger partial charge in [0.25, 0.3) is 0 Å². The van der Waals surface area contributed by atoms with Crippen LogP contribution in [0.1, 0.15) is 24.1 Å². The fraction of sp³-hybridized carbons (Fsp3) is 0.286. The van der Waals surface area contributed by atoms with E-state index >= 15 is 0 Å². The summed E-state index contributed by atoms with van der Waals surface area (Å²) in [6.45, 7) is 0.932. The molecule has 0 aliphatic carbocycles. The Balaban J connectivity index is 2.27. The van der Waals surface area contributed by atoms with Crippen molar-refractivity contribution in [2.75, 3.05) is 0 Å². The molecule has 18 heavy (non-hydrogen) atoms. The molecule has 0 N–H and O–H groups in total. The van der Waals surface area contributed by atoms with Gasteiger partial charge in [-0.1, -0.05) is 11.6 Å². The van der Waals surface area contributed by atoms with E-state index in [1.165, 1.54) is 0 Å². The molecule has 0 bridgehead atoms. The van der Waals surface area contributed by atoms with Gasteiger partial charge in [-0.25, -0.2) is 0 Å². The summed E-state index contributed by atoms with van der Waals surface area (Å²) in [6.07, 6.45) is 6.73. The van der Waals surface area contributed by atoms with Crippen LogP contribution in [-0.4, -0.2) is 9.55 Å². The molecular formula is C14H12ClN3. The van der Waals surface area contributed by atoms with Crippen LogP contribution in [0.3, 0.4) is 0 Å². The Morgan fingerprint density at radius 3 is 3.00 bits per heavy atom. The molecule has 90 valence electrons. The van der Waals surface area contributed by atoms with Crippen LogP contribution in [0.2, 0.25) is 5.02 Å². The standard InChI is InChI=1S/C14H12ClN3/c15-13-11(8-16)12-5-1-2-7-18(12)14(13)10-4-3-6-17-9-10/h3-4,6,9H,1-2,5,7H2. The van der Waals surface area contributed by atoms with E-state index in [4.69, 9.17) is 11.6 Å². The lowest BCUT2D eigenvalue weighted by atomic mass is 10.1. The first kappa shape index (κ1) is 11.3. The Hall–Kier alpha value is -1.79. The summed E-state index contributed by atoms with van der Waals surface area (Å²) in [4.78, 5) is 4.13. The second kappa shape index (κ2) is 4.47. The van der Waals surface area contributed by atoms with Crippen LogP contribution in [0.25, 0.3) is 11.3 Å². The number of halogens is 1. The zero-order chi connectivity index (χ0) is 12.5. The largest absolute Gasteiger partial charge is 0.342 e. The van der Waals surface area contributed by atoms with Crippen molar-refractivity contribution in [1.82, 2.24) is 9.55 Å². The van der Waals surface area contributed by atoms with Crippen molar-refractivity contribution >= 4 is 11.6 Å². The van der Waals surface area contributed by atoms with E-state index in [9.17, 15) is 5.26 Å². The molecule has 0 aromatic carbocycles. The highest BCUT2D eigenvalue weighted by Crippen LogP contribution is 2.37. The number of hydrogen-bond acceptors (Lipinski definition) is 2. The molecule has 0 amide bonds. The molecule has 4 heteroatoms. The van der Waals surface area contributed by atoms with Crippen molar-refractivity contribution in [2.24, 2.45) is 0 Å². The Bertz CT molecular complexity index is 623. The van der Waals surface area contributed by atoms with Crippen LogP contribution < -0.4 is 0 Å². The van der Waals surface area contributed by atoms with Crippen molar-refractivity contribution in [3.63, 3.8) is 0 Å². The Labute approximate surface area is 111 Å². The molecule has 3 nitrogen and oxygen atoms in total. The summed E-state index contributed by atoms with van der Waals surface area (Å²) in [6, 6.07) is 6.11. The predicted molar refractivity (Wildman–Crippen MR) is 70.3 cm³/mol. The summed E-state index contributed by atoms with van der Waals surface area (Å²) in [5, 5.41) is 9.84. The van der Waals surface area contributed by atoms with Crippen LogP contribution in [0.4, 0.5) is 0 Å². The maximum Gasteiger partial charge on any atom is 0.103 e. The molecule has 0 fully saturated rings. The average molecular weight is 258 g/mol. The number of pyridine rings is 1. The van der Waals surface area contributed by atoms with Gasteiger partial charge in [-0.05, 0) is 31.4 Å². The van der Waals surface area contributed by atoms with Gasteiger partial charge in [0.2, 0.25) is 0 Å². The average Bonchev–Trinajstić information content (AvgIpc) is 2.71. The highest BCUT2D eigenvalue weighted by Gasteiger charge is 2.24. The molecule has 0 saturated carbocycles. The zero-order valence-corrected chi connectivity index (χ0v) is 10.6. The first-order valence-corrected chi connectivity index (χ1v) is 6.42. The molecular weight excluding hydrogens is 246 g/mol. The van der Waals surface area contributed by atoms with Crippen molar-refractivity contribution in [3.05, 3.63) is 40.8 Å². The topological polar surface area (TPSA) is 41.6 Å². The van der Waals surface area contributed by atoms with E-state index in [2.05, 4.69) is 15.6 Å². The minimum Gasteiger partial charge on any atom is -0.342 e. The smallest absolute Gasteiger partial charge is 0.103 e. The van der Waals surface area contributed by atoms with Gasteiger partial charge in [-0.3, -0.25) is 4.98 Å². The first-order chi connectivity index (χ1) is 8.83. The Morgan fingerprint density at radius 2 is 2.28 bits per heavy atom. The van der Waals surface area contributed by atoms with Crippen LogP contribution in [0.15, 0.2) is 24.5 Å². The molecule has 0 spiro atoms. The van der Waals surface area contributed by atoms with E-state index in [1.807, 2.05) is 12.1 Å². The van der Waals surface area contributed by atoms with Gasteiger partial charge in [0.05, 0.1) is 16.3 Å². The van der Waals surface area contributed by atoms with Gasteiger partial charge in [-0.15, -0.1) is 0 Å². The third-order valence-electron chi connectivity index (χ3n) is 3.40. The summed E-state index contributed by atoms with van der Waals surface area (Å²) >= 11 is 6.38. The molecule has 0 radical (unpaired) electrons. The summed E-state index contributed by atoms with van der Waals surface area (Å²) < 4.78 is 2.18. The lowest BCUT2D eigenvalue weighted by Crippen LogP contribution is -2.11. The lowest BCUT2D eigenvalue weighted by molar-refractivity contribution is 0.536. The van der Waals surface area contributed by atoms with Crippen LogP contribution in [-0.2, 0) is 13.0 Å². The van der Waals surface area contributed by atoms with Crippen molar-refractivity contribution in [2.45, 2.75) is 25.8 Å². The summed E-state index contributed by atoms with van der Waals surface area (Å²) in [5.41, 5.74) is 3.63. The third kappa shape index (κ3) is 1.61. The molecule has 0 atom stereocenters. The zero-order valence-electron chi connectivity index (χ0n) is 9.86. The number of nitrogens with zero attached hydrogens (tertiary/aromatic N) is 3. The molecule has 0 unspecified atom stereocenters. The quantitative estimate of drug-likeness (QED) is 0.786. The third-order valence-corrected chi connectivity index (χ3v) is 3.77. The van der Waals surface area contributed by atoms with E-state index in [-0.39, 0.29) is 0 Å². The van der Waals surface area contributed by atoms with E-state index in [0.29, 0.717) is 10.6 Å². The van der Waals surface area contributed by atoms with Crippen molar-refractivity contribution in [1.29, 1.82) is 5.26 Å². The van der Waals surface area contributed by atoms with E-state index in [1.54, 1.807) is 12.4 Å². The fourth-order valence-electron chi connectivity index (χ4n) is 2.60. The van der Waals surface area contributed by atoms with Gasteiger partial charge >= 0.3 is 0 Å². The minimum absolute atomic E-state index is 0.572. The monoisotopic (exact) mass is 257 g/mol. The highest BCUT2D eigenvalue weighted by molar-refractivity contribution is 6.34. The van der Waals surface area contributed by atoms with Gasteiger partial charge in [0.1, 0.15) is 6.07 Å². The molecule has 2 aromatic rings. The summed E-state index contributed by atoms with van der Waals surface area (Å²) in [7, 11) is 0. The maximum absolute atomic E-state index is 9.27. The molecule has 1 aliphatic heterocycles. The molecule has 2 aromatic heterocycles. The Kier molecular flexibility index (Phi) is 2.81. The normalized spacial score (nSPS) is 14.0. The summed E-state index contributed by atoms with van der Waals surface area (Å²) in [5.74, 6) is 0. The molecule has 0 saturated heterocycles. The first-order valence-electron chi connectivity index (χ1n) is 6.04.